The highest BCUT2D eigenvalue weighted by molar-refractivity contribution is 6.30. The number of nitrogens with one attached hydrogen (secondary N) is 1. The van der Waals surface area contributed by atoms with E-state index >= 15 is 0 Å². The molecule has 4 rings (SSSR count). The number of benzene rings is 3. The number of halogens is 2. The van der Waals surface area contributed by atoms with Gasteiger partial charge in [0.15, 0.2) is 0 Å². The van der Waals surface area contributed by atoms with Crippen molar-refractivity contribution in [1.29, 1.82) is 0 Å². The number of rotatable bonds is 6. The van der Waals surface area contributed by atoms with Crippen LogP contribution in [0.1, 0.15) is 44.8 Å². The van der Waals surface area contributed by atoms with Crippen LogP contribution in [0.4, 0.5) is 4.39 Å². The van der Waals surface area contributed by atoms with Crippen LogP contribution in [0, 0.1) is 5.82 Å². The van der Waals surface area contributed by atoms with E-state index in [4.69, 9.17) is 11.6 Å². The van der Waals surface area contributed by atoms with Gasteiger partial charge in [0, 0.05) is 28.7 Å². The zero-order valence-electron chi connectivity index (χ0n) is 18.1. The molecule has 0 aliphatic carbocycles. The van der Waals surface area contributed by atoms with Crippen molar-refractivity contribution in [2.24, 2.45) is 0 Å². The molecule has 0 radical (unpaired) electrons. The lowest BCUT2D eigenvalue weighted by Gasteiger charge is -2.17. The standard InChI is InChI=1S/C26H22ClFN2O3/c1-16(21-11-8-19(14-23(21)28)26(32)33-2)29-25(31)22-5-3-4-18-12-13-30(24(18)22)15-17-6-9-20(27)10-7-17/h3-14,16H,15H2,1-2H3,(H,29,31)/t16-/m0/s1. The van der Waals surface area contributed by atoms with Gasteiger partial charge in [-0.2, -0.15) is 0 Å². The molecule has 0 spiro atoms. The highest BCUT2D eigenvalue weighted by Gasteiger charge is 2.19. The lowest BCUT2D eigenvalue weighted by atomic mass is 10.0. The maximum Gasteiger partial charge on any atom is 0.337 e. The van der Waals surface area contributed by atoms with Gasteiger partial charge in [-0.15, -0.1) is 0 Å². The molecule has 7 heteroatoms. The number of para-hydroxylation sites is 1. The third-order valence-corrected chi connectivity index (χ3v) is 5.79. The third kappa shape index (κ3) is 4.76. The fourth-order valence-corrected chi connectivity index (χ4v) is 3.96. The number of carbonyl (C=O) groups excluding carboxylic acids is 2. The molecule has 0 unspecified atom stereocenters. The van der Waals surface area contributed by atoms with Crippen molar-refractivity contribution >= 4 is 34.4 Å². The molecule has 0 saturated carbocycles. The average Bonchev–Trinajstić information content (AvgIpc) is 3.22. The highest BCUT2D eigenvalue weighted by atomic mass is 35.5. The number of fused-ring (bicyclic) bond motifs is 1. The molecule has 1 heterocycles. The minimum atomic E-state index is -0.620. The van der Waals surface area contributed by atoms with E-state index in [0.29, 0.717) is 17.1 Å². The van der Waals surface area contributed by atoms with E-state index in [1.807, 2.05) is 53.2 Å². The second-order valence-corrected chi connectivity index (χ2v) is 8.17. The molecule has 33 heavy (non-hydrogen) atoms. The second-order valence-electron chi connectivity index (χ2n) is 7.74. The average molecular weight is 465 g/mol. The SMILES string of the molecule is COC(=O)c1ccc([C@H](C)NC(=O)c2cccc3ccn(Cc4ccc(Cl)cc4)c23)c(F)c1. The summed E-state index contributed by atoms with van der Waals surface area (Å²) >= 11 is 5.99. The molecule has 0 saturated heterocycles. The van der Waals surface area contributed by atoms with Gasteiger partial charge in [-0.1, -0.05) is 41.9 Å². The fraction of sp³-hybridized carbons (Fsp3) is 0.154. The van der Waals surface area contributed by atoms with Gasteiger partial charge in [-0.05, 0) is 48.9 Å². The predicted molar refractivity (Wildman–Crippen MR) is 126 cm³/mol. The molecule has 3 aromatic carbocycles. The fourth-order valence-electron chi connectivity index (χ4n) is 3.84. The van der Waals surface area contributed by atoms with Gasteiger partial charge in [0.2, 0.25) is 0 Å². The molecule has 1 N–H and O–H groups in total. The molecular weight excluding hydrogens is 443 g/mol. The zero-order valence-corrected chi connectivity index (χ0v) is 18.9. The Balaban J connectivity index is 1.60. The van der Waals surface area contributed by atoms with Crippen molar-refractivity contribution in [3.8, 4) is 0 Å². The number of aromatic nitrogens is 1. The number of ether oxygens (including phenoxy) is 1. The van der Waals surface area contributed by atoms with E-state index in [9.17, 15) is 14.0 Å². The van der Waals surface area contributed by atoms with Crippen LogP contribution in [-0.4, -0.2) is 23.6 Å². The van der Waals surface area contributed by atoms with Gasteiger partial charge in [0.05, 0.1) is 29.8 Å². The molecule has 1 aromatic heterocycles. The minimum absolute atomic E-state index is 0.113. The van der Waals surface area contributed by atoms with Gasteiger partial charge < -0.3 is 14.6 Å². The summed E-state index contributed by atoms with van der Waals surface area (Å²) in [7, 11) is 1.24. The first-order chi connectivity index (χ1) is 15.9. The number of nitrogens with zero attached hydrogens (tertiary/aromatic N) is 1. The van der Waals surface area contributed by atoms with Crippen LogP contribution >= 0.6 is 11.6 Å². The first-order valence-corrected chi connectivity index (χ1v) is 10.8. The van der Waals surface area contributed by atoms with Crippen LogP contribution in [0.15, 0.2) is 72.9 Å². The summed E-state index contributed by atoms with van der Waals surface area (Å²) in [4.78, 5) is 24.8. The summed E-state index contributed by atoms with van der Waals surface area (Å²) < 4.78 is 21.2. The Kier molecular flexibility index (Phi) is 6.47. The Bertz CT molecular complexity index is 1330. The Morgan fingerprint density at radius 3 is 2.55 bits per heavy atom. The first-order valence-electron chi connectivity index (χ1n) is 10.4. The van der Waals surface area contributed by atoms with Gasteiger partial charge in [0.25, 0.3) is 5.91 Å². The van der Waals surface area contributed by atoms with E-state index in [2.05, 4.69) is 10.1 Å². The maximum absolute atomic E-state index is 14.6. The van der Waals surface area contributed by atoms with E-state index in [0.717, 1.165) is 22.5 Å². The molecule has 5 nitrogen and oxygen atoms in total. The molecule has 4 aromatic rings. The molecule has 1 amide bonds. The van der Waals surface area contributed by atoms with E-state index in [-0.39, 0.29) is 17.0 Å². The summed E-state index contributed by atoms with van der Waals surface area (Å²) in [6.07, 6.45) is 1.94. The summed E-state index contributed by atoms with van der Waals surface area (Å²) in [5, 5.41) is 4.46. The number of hydrogen-bond acceptors (Lipinski definition) is 3. The van der Waals surface area contributed by atoms with Crippen molar-refractivity contribution in [2.75, 3.05) is 7.11 Å². The van der Waals surface area contributed by atoms with Crippen molar-refractivity contribution in [2.45, 2.75) is 19.5 Å². The third-order valence-electron chi connectivity index (χ3n) is 5.53. The van der Waals surface area contributed by atoms with Gasteiger partial charge in [-0.3, -0.25) is 4.79 Å². The Morgan fingerprint density at radius 1 is 1.09 bits per heavy atom. The monoisotopic (exact) mass is 464 g/mol. The Labute approximate surface area is 195 Å². The topological polar surface area (TPSA) is 60.3 Å². The van der Waals surface area contributed by atoms with Crippen LogP contribution in [-0.2, 0) is 11.3 Å². The smallest absolute Gasteiger partial charge is 0.337 e. The quantitative estimate of drug-likeness (QED) is 0.369. The Morgan fingerprint density at radius 2 is 1.85 bits per heavy atom. The number of methoxy groups -OCH3 is 1. The molecule has 1 atom stereocenters. The van der Waals surface area contributed by atoms with Crippen molar-refractivity contribution in [1.82, 2.24) is 9.88 Å². The Hall–Kier alpha value is -3.64. The second kappa shape index (κ2) is 9.46. The van der Waals surface area contributed by atoms with Crippen LogP contribution in [0.25, 0.3) is 10.9 Å². The molecule has 0 aliphatic heterocycles. The highest BCUT2D eigenvalue weighted by Crippen LogP contribution is 2.24. The lowest BCUT2D eigenvalue weighted by Crippen LogP contribution is -2.28. The van der Waals surface area contributed by atoms with Crippen molar-refractivity contribution in [3.63, 3.8) is 0 Å². The van der Waals surface area contributed by atoms with Gasteiger partial charge in [0.1, 0.15) is 5.82 Å². The van der Waals surface area contributed by atoms with Crippen molar-refractivity contribution in [3.05, 3.63) is 106 Å². The van der Waals surface area contributed by atoms with Crippen LogP contribution in [0.2, 0.25) is 5.02 Å². The maximum atomic E-state index is 14.6. The van der Waals surface area contributed by atoms with Crippen LogP contribution in [0.3, 0.4) is 0 Å². The summed E-state index contributed by atoms with van der Waals surface area (Å²) in [6, 6.07) is 18.5. The number of hydrogen-bond donors (Lipinski definition) is 1. The predicted octanol–water partition coefficient (Wildman–Crippen LogP) is 5.76. The lowest BCUT2D eigenvalue weighted by molar-refractivity contribution is 0.0600. The van der Waals surface area contributed by atoms with E-state index in [1.165, 1.54) is 19.2 Å². The number of carbonyl (C=O) groups is 2. The molecular formula is C26H22ClFN2O3. The van der Waals surface area contributed by atoms with E-state index in [1.54, 1.807) is 13.0 Å². The van der Waals surface area contributed by atoms with Crippen LogP contribution in [0.5, 0.6) is 0 Å². The summed E-state index contributed by atoms with van der Waals surface area (Å²) in [5.41, 5.74) is 2.72. The zero-order chi connectivity index (χ0) is 23.5. The number of esters is 1. The summed E-state index contributed by atoms with van der Waals surface area (Å²) in [6.45, 7) is 2.27. The van der Waals surface area contributed by atoms with Gasteiger partial charge in [-0.25, -0.2) is 9.18 Å². The van der Waals surface area contributed by atoms with E-state index < -0.39 is 17.8 Å². The molecule has 0 fully saturated rings. The molecule has 0 bridgehead atoms. The molecule has 0 aliphatic rings. The molecule has 168 valence electrons. The number of amides is 1. The first kappa shape index (κ1) is 22.6. The van der Waals surface area contributed by atoms with Gasteiger partial charge >= 0.3 is 5.97 Å². The van der Waals surface area contributed by atoms with Crippen LogP contribution < -0.4 is 5.32 Å². The largest absolute Gasteiger partial charge is 0.465 e. The summed E-state index contributed by atoms with van der Waals surface area (Å²) in [5.74, 6) is -1.53. The van der Waals surface area contributed by atoms with Crippen molar-refractivity contribution < 1.29 is 18.7 Å². The minimum Gasteiger partial charge on any atom is -0.465 e. The normalized spacial score (nSPS) is 11.9.